The summed E-state index contributed by atoms with van der Waals surface area (Å²) in [7, 11) is -2.39. The van der Waals surface area contributed by atoms with Gasteiger partial charge in [-0.3, -0.25) is 4.72 Å². The van der Waals surface area contributed by atoms with Crippen molar-refractivity contribution in [3.05, 3.63) is 42.3 Å². The Labute approximate surface area is 156 Å². The van der Waals surface area contributed by atoms with E-state index in [1.807, 2.05) is 0 Å². The van der Waals surface area contributed by atoms with Crippen molar-refractivity contribution in [2.24, 2.45) is 0 Å². The fourth-order valence-corrected chi connectivity index (χ4v) is 4.13. The Kier molecular flexibility index (Phi) is 4.61. The second-order valence-corrected chi connectivity index (χ2v) is 8.00. The molecule has 1 N–H and O–H groups in total. The molecule has 0 spiro atoms. The third-order valence-corrected chi connectivity index (χ3v) is 5.78. The zero-order chi connectivity index (χ0) is 18.9. The normalized spacial score (nSPS) is 15.1. The van der Waals surface area contributed by atoms with Gasteiger partial charge in [-0.2, -0.15) is 8.42 Å². The summed E-state index contributed by atoms with van der Waals surface area (Å²) in [5, 5.41) is 7.83. The third kappa shape index (κ3) is 3.68. The van der Waals surface area contributed by atoms with E-state index in [-0.39, 0.29) is 22.7 Å². The molecule has 4 rings (SSSR count). The zero-order valence-electron chi connectivity index (χ0n) is 14.7. The Morgan fingerprint density at radius 3 is 2.70 bits per heavy atom. The van der Waals surface area contributed by atoms with Gasteiger partial charge in [0.2, 0.25) is 11.0 Å². The van der Waals surface area contributed by atoms with Gasteiger partial charge in [0.1, 0.15) is 5.75 Å². The number of sulfonamides is 1. The van der Waals surface area contributed by atoms with Crippen LogP contribution in [-0.4, -0.2) is 25.7 Å². The number of hydrogen-bond acceptors (Lipinski definition) is 7. The van der Waals surface area contributed by atoms with Crippen LogP contribution in [0.2, 0.25) is 0 Å². The molecule has 0 radical (unpaired) electrons. The number of rotatable bonds is 6. The number of ether oxygens (including phenoxy) is 1. The summed E-state index contributed by atoms with van der Waals surface area (Å²) < 4.78 is 43.8. The maximum absolute atomic E-state index is 12.5. The largest absolute Gasteiger partial charge is 0.497 e. The number of nitrogens with one attached hydrogen (secondary N) is 1. The Morgan fingerprint density at radius 1 is 1.11 bits per heavy atom. The van der Waals surface area contributed by atoms with Crippen LogP contribution in [-0.2, 0) is 10.0 Å². The molecule has 0 atom stereocenters. The van der Waals surface area contributed by atoms with Crippen LogP contribution in [0.3, 0.4) is 0 Å². The van der Waals surface area contributed by atoms with Gasteiger partial charge in [0.05, 0.1) is 12.8 Å². The van der Waals surface area contributed by atoms with Gasteiger partial charge in [0, 0.05) is 12.0 Å². The molecule has 0 amide bonds. The fourth-order valence-electron chi connectivity index (χ4n) is 3.14. The maximum atomic E-state index is 12.5. The molecule has 0 unspecified atom stereocenters. The lowest BCUT2D eigenvalue weighted by atomic mass is 10.1. The first kappa shape index (κ1) is 17.6. The molecule has 0 aliphatic heterocycles. The lowest BCUT2D eigenvalue weighted by Crippen LogP contribution is -2.12. The Morgan fingerprint density at radius 2 is 1.93 bits per heavy atom. The third-order valence-electron chi connectivity index (χ3n) is 4.52. The minimum atomic E-state index is -3.90. The highest BCUT2D eigenvalue weighted by molar-refractivity contribution is 7.92. The second-order valence-electron chi connectivity index (χ2n) is 6.38. The quantitative estimate of drug-likeness (QED) is 0.683. The average molecular weight is 389 g/mol. The topological polar surface area (TPSA) is 107 Å². The Hall–Kier alpha value is -2.81. The molecule has 1 aliphatic carbocycles. The molecule has 1 saturated carbocycles. The van der Waals surface area contributed by atoms with E-state index in [1.54, 1.807) is 24.3 Å². The van der Waals surface area contributed by atoms with Gasteiger partial charge in [-0.15, -0.1) is 10.2 Å². The SMILES string of the molecule is COc1cccc(NS(=O)(=O)c2ccc(-c3nnc(C4CCCC4)o3)o2)c1. The van der Waals surface area contributed by atoms with Crippen molar-refractivity contribution in [1.29, 1.82) is 0 Å². The van der Waals surface area contributed by atoms with Gasteiger partial charge in [0.15, 0.2) is 5.76 Å². The van der Waals surface area contributed by atoms with Crippen LogP contribution in [0.4, 0.5) is 5.69 Å². The Bertz CT molecular complexity index is 1030. The van der Waals surface area contributed by atoms with Crippen LogP contribution in [0.15, 0.2) is 50.3 Å². The van der Waals surface area contributed by atoms with Gasteiger partial charge in [-0.25, -0.2) is 0 Å². The van der Waals surface area contributed by atoms with Crippen molar-refractivity contribution < 1.29 is 22.0 Å². The molecule has 3 aromatic rings. The van der Waals surface area contributed by atoms with E-state index >= 15 is 0 Å². The first-order valence-corrected chi connectivity index (χ1v) is 10.1. The summed E-state index contributed by atoms with van der Waals surface area (Å²) in [4.78, 5) is 0. The standard InChI is InChI=1S/C18H19N3O5S/c1-24-14-8-4-7-13(11-14)21-27(22,23)16-10-9-15(25-16)18-20-19-17(26-18)12-5-2-3-6-12/h4,7-12,21H,2-3,5-6H2,1H3. The second kappa shape index (κ2) is 7.07. The van der Waals surface area contributed by atoms with E-state index in [9.17, 15) is 8.42 Å². The highest BCUT2D eigenvalue weighted by Gasteiger charge is 2.25. The van der Waals surface area contributed by atoms with E-state index in [1.165, 1.54) is 19.2 Å². The summed E-state index contributed by atoms with van der Waals surface area (Å²) in [6.45, 7) is 0. The molecule has 2 aromatic heterocycles. The predicted molar refractivity (Wildman–Crippen MR) is 97.0 cm³/mol. The number of methoxy groups -OCH3 is 1. The van der Waals surface area contributed by atoms with Crippen LogP contribution in [0.5, 0.6) is 5.75 Å². The summed E-state index contributed by atoms with van der Waals surface area (Å²) >= 11 is 0. The molecule has 8 nitrogen and oxygen atoms in total. The maximum Gasteiger partial charge on any atom is 0.295 e. The van der Waals surface area contributed by atoms with Crippen LogP contribution in [0.1, 0.15) is 37.5 Å². The number of nitrogens with zero attached hydrogens (tertiary/aromatic N) is 2. The van der Waals surface area contributed by atoms with Gasteiger partial charge in [0.25, 0.3) is 15.9 Å². The van der Waals surface area contributed by atoms with Crippen molar-refractivity contribution in [2.45, 2.75) is 36.7 Å². The van der Waals surface area contributed by atoms with E-state index in [0.29, 0.717) is 17.3 Å². The highest BCUT2D eigenvalue weighted by atomic mass is 32.2. The summed E-state index contributed by atoms with van der Waals surface area (Å²) in [5.41, 5.74) is 0.369. The number of furan rings is 1. The molecule has 1 aliphatic rings. The first-order valence-electron chi connectivity index (χ1n) is 8.65. The summed E-state index contributed by atoms with van der Waals surface area (Å²) in [6, 6.07) is 9.47. The zero-order valence-corrected chi connectivity index (χ0v) is 15.5. The lowest BCUT2D eigenvalue weighted by molar-refractivity contribution is 0.415. The number of benzene rings is 1. The number of aromatic nitrogens is 2. The molecule has 27 heavy (non-hydrogen) atoms. The molecule has 0 bridgehead atoms. The predicted octanol–water partition coefficient (Wildman–Crippen LogP) is 3.80. The average Bonchev–Trinajstić information content (AvgIpc) is 3.41. The monoisotopic (exact) mass is 389 g/mol. The molecule has 1 aromatic carbocycles. The molecular formula is C18H19N3O5S. The van der Waals surface area contributed by atoms with E-state index in [0.717, 1.165) is 25.7 Å². The van der Waals surface area contributed by atoms with Crippen LogP contribution < -0.4 is 9.46 Å². The fraction of sp³-hybridized carbons (Fsp3) is 0.333. The minimum Gasteiger partial charge on any atom is -0.497 e. The van der Waals surface area contributed by atoms with Crippen molar-refractivity contribution in [3.63, 3.8) is 0 Å². The lowest BCUT2D eigenvalue weighted by Gasteiger charge is -2.07. The highest BCUT2D eigenvalue weighted by Crippen LogP contribution is 2.35. The van der Waals surface area contributed by atoms with Crippen molar-refractivity contribution in [3.8, 4) is 17.4 Å². The molecule has 2 heterocycles. The van der Waals surface area contributed by atoms with E-state index < -0.39 is 10.0 Å². The molecule has 142 valence electrons. The molecule has 1 fully saturated rings. The number of hydrogen-bond donors (Lipinski definition) is 1. The molecule has 9 heteroatoms. The van der Waals surface area contributed by atoms with Crippen molar-refractivity contribution >= 4 is 15.7 Å². The molecule has 0 saturated heterocycles. The van der Waals surface area contributed by atoms with Crippen LogP contribution in [0, 0.1) is 0 Å². The minimum absolute atomic E-state index is 0.180. The van der Waals surface area contributed by atoms with Gasteiger partial charge >= 0.3 is 0 Å². The number of anilines is 1. The van der Waals surface area contributed by atoms with Crippen LogP contribution >= 0.6 is 0 Å². The van der Waals surface area contributed by atoms with Crippen molar-refractivity contribution in [1.82, 2.24) is 10.2 Å². The first-order chi connectivity index (χ1) is 13.0. The molecular weight excluding hydrogens is 370 g/mol. The van der Waals surface area contributed by atoms with E-state index in [4.69, 9.17) is 13.6 Å². The summed E-state index contributed by atoms with van der Waals surface area (Å²) in [6.07, 6.45) is 4.37. The van der Waals surface area contributed by atoms with E-state index in [2.05, 4.69) is 14.9 Å². The smallest absolute Gasteiger partial charge is 0.295 e. The van der Waals surface area contributed by atoms with Crippen LogP contribution in [0.25, 0.3) is 11.7 Å². The summed E-state index contributed by atoms with van der Waals surface area (Å²) in [5.74, 6) is 1.80. The van der Waals surface area contributed by atoms with Gasteiger partial charge in [-0.1, -0.05) is 18.9 Å². The Balaban J connectivity index is 1.54. The van der Waals surface area contributed by atoms with Crippen molar-refractivity contribution in [2.75, 3.05) is 11.8 Å². The van der Waals surface area contributed by atoms with Gasteiger partial charge < -0.3 is 13.6 Å². The van der Waals surface area contributed by atoms with Gasteiger partial charge in [-0.05, 0) is 37.1 Å².